The predicted octanol–water partition coefficient (Wildman–Crippen LogP) is 4.96. The van der Waals surface area contributed by atoms with Crippen LogP contribution in [-0.4, -0.2) is 35.2 Å². The van der Waals surface area contributed by atoms with E-state index in [0.29, 0.717) is 23.8 Å². The fraction of sp³-hybridized carbons (Fsp3) is 0.391. The number of ether oxygens (including phenoxy) is 2. The zero-order valence-electron chi connectivity index (χ0n) is 19.1. The van der Waals surface area contributed by atoms with Gasteiger partial charge in [-0.05, 0) is 58.2 Å². The third kappa shape index (κ3) is 8.89. The number of hydrogen-bond acceptors (Lipinski definition) is 6. The molecule has 0 saturated heterocycles. The lowest BCUT2D eigenvalue weighted by Crippen LogP contribution is -2.27. The first-order chi connectivity index (χ1) is 15.1. The van der Waals surface area contributed by atoms with E-state index in [0.717, 1.165) is 17.7 Å². The normalized spacial score (nSPS) is 11.8. The van der Waals surface area contributed by atoms with Gasteiger partial charge in [0.05, 0.1) is 23.2 Å². The second-order valence-electron chi connectivity index (χ2n) is 7.96. The standard InChI is InChI=1S/C23H29N3O5S/c1-6-30-20(28)13-14-32-15-19(25-21(32)24-16(2)27)12-9-17-7-10-18(11-8-17)26-22(29)31-23(3,4)5/h7-8,10-11,13-15H,6,9,12H2,1-5H3,(H-,24,25,26,27,29)/p+1/b14-13-. The van der Waals surface area contributed by atoms with Gasteiger partial charge in [-0.3, -0.25) is 15.4 Å². The molecule has 1 unspecified atom stereocenters. The molecule has 0 aliphatic heterocycles. The Labute approximate surface area is 191 Å². The first-order valence-corrected chi connectivity index (χ1v) is 11.6. The Kier molecular flexibility index (Phi) is 8.95. The third-order valence-electron chi connectivity index (χ3n) is 3.92. The molecule has 32 heavy (non-hydrogen) atoms. The van der Waals surface area contributed by atoms with Gasteiger partial charge in [0.15, 0.2) is 10.8 Å². The van der Waals surface area contributed by atoms with Gasteiger partial charge in [-0.2, -0.15) is 4.98 Å². The highest BCUT2D eigenvalue weighted by Gasteiger charge is 2.19. The Morgan fingerprint density at radius 2 is 1.78 bits per heavy atom. The maximum atomic E-state index is 11.9. The molecule has 2 aromatic rings. The number of amides is 2. The number of rotatable bonds is 8. The number of aryl methyl sites for hydroxylation is 2. The first kappa shape index (κ1) is 25.1. The summed E-state index contributed by atoms with van der Waals surface area (Å²) in [6.07, 6.45) is 2.26. The summed E-state index contributed by atoms with van der Waals surface area (Å²) in [5.74, 6) is -0.641. The molecule has 1 aromatic heterocycles. The number of aromatic nitrogens is 1. The van der Waals surface area contributed by atoms with Crippen LogP contribution in [0.5, 0.6) is 0 Å². The molecule has 2 rings (SSSR count). The number of carbonyl (C=O) groups excluding carboxylic acids is 3. The Bertz CT molecular complexity index is 975. The Morgan fingerprint density at radius 1 is 1.09 bits per heavy atom. The van der Waals surface area contributed by atoms with Crippen LogP contribution in [0.3, 0.4) is 0 Å². The van der Waals surface area contributed by atoms with Gasteiger partial charge in [0.2, 0.25) is 5.91 Å². The second kappa shape index (κ2) is 11.4. The summed E-state index contributed by atoms with van der Waals surface area (Å²) in [6, 6.07) is 7.50. The number of nitrogens with one attached hydrogen (secondary N) is 2. The van der Waals surface area contributed by atoms with Crippen molar-refractivity contribution in [3.05, 3.63) is 47.0 Å². The zero-order chi connectivity index (χ0) is 23.7. The average molecular weight is 461 g/mol. The van der Waals surface area contributed by atoms with Crippen LogP contribution in [0.15, 0.2) is 35.7 Å². The highest BCUT2D eigenvalue weighted by atomic mass is 32.2. The number of thiazole rings is 1. The molecule has 0 spiro atoms. The van der Waals surface area contributed by atoms with Gasteiger partial charge in [-0.15, -0.1) is 0 Å². The van der Waals surface area contributed by atoms with E-state index in [1.165, 1.54) is 13.0 Å². The van der Waals surface area contributed by atoms with Crippen LogP contribution in [0.25, 0.3) is 5.41 Å². The first-order valence-electron chi connectivity index (χ1n) is 10.3. The molecule has 2 amide bonds. The van der Waals surface area contributed by atoms with Crippen LogP contribution in [0, 0.1) is 0 Å². The number of carbonyl (C=O) groups is 3. The topological polar surface area (TPSA) is 107 Å². The molecule has 8 nitrogen and oxygen atoms in total. The average Bonchev–Trinajstić information content (AvgIpc) is 3.05. The molecule has 0 radical (unpaired) electrons. The number of hydrogen-bond donors (Lipinski definition) is 2. The van der Waals surface area contributed by atoms with E-state index in [9.17, 15) is 14.4 Å². The maximum Gasteiger partial charge on any atom is 0.412 e. The third-order valence-corrected chi connectivity index (χ3v) is 5.52. The number of benzene rings is 1. The quantitative estimate of drug-likeness (QED) is 0.328. The molecular formula is C23H30N3O5S+. The number of esters is 1. The van der Waals surface area contributed by atoms with Gasteiger partial charge in [0.1, 0.15) is 11.3 Å². The minimum Gasteiger partial charge on any atom is -0.463 e. The lowest BCUT2D eigenvalue weighted by molar-refractivity contribution is -0.137. The van der Waals surface area contributed by atoms with E-state index in [2.05, 4.69) is 15.6 Å². The summed E-state index contributed by atoms with van der Waals surface area (Å²) in [6.45, 7) is 8.90. The summed E-state index contributed by atoms with van der Waals surface area (Å²) >= 11 is 0. The molecule has 0 saturated carbocycles. The van der Waals surface area contributed by atoms with Crippen molar-refractivity contribution in [1.82, 2.24) is 4.98 Å². The van der Waals surface area contributed by atoms with Crippen molar-refractivity contribution in [2.24, 2.45) is 0 Å². The number of nitrogens with zero attached hydrogens (tertiary/aromatic N) is 1. The van der Waals surface area contributed by atoms with Gasteiger partial charge >= 0.3 is 17.2 Å². The highest BCUT2D eigenvalue weighted by Crippen LogP contribution is 2.32. The van der Waals surface area contributed by atoms with Crippen molar-refractivity contribution >= 4 is 44.7 Å². The molecular weight excluding hydrogens is 430 g/mol. The van der Waals surface area contributed by atoms with Crippen molar-refractivity contribution in [2.75, 3.05) is 17.2 Å². The van der Waals surface area contributed by atoms with Gasteiger partial charge in [-0.1, -0.05) is 12.1 Å². The van der Waals surface area contributed by atoms with Crippen molar-refractivity contribution < 1.29 is 23.9 Å². The molecule has 0 bridgehead atoms. The summed E-state index contributed by atoms with van der Waals surface area (Å²) in [5.41, 5.74) is 2.01. The SMILES string of the molecule is CCOC(=O)/C=C\[s+]1cc(CCc2ccc(NC(=O)OC(C)(C)C)cc2)nc1NC(C)=O. The van der Waals surface area contributed by atoms with E-state index in [-0.39, 0.29) is 5.91 Å². The van der Waals surface area contributed by atoms with Gasteiger partial charge in [0, 0.05) is 12.6 Å². The molecule has 1 heterocycles. The van der Waals surface area contributed by atoms with Crippen LogP contribution in [-0.2, 0) is 31.9 Å². The highest BCUT2D eigenvalue weighted by molar-refractivity contribution is 7.43. The largest absolute Gasteiger partial charge is 0.463 e. The predicted molar refractivity (Wildman–Crippen MR) is 127 cm³/mol. The van der Waals surface area contributed by atoms with Crippen LogP contribution >= 0.6 is 10.5 Å². The van der Waals surface area contributed by atoms with Crippen LogP contribution < -0.4 is 10.6 Å². The van der Waals surface area contributed by atoms with E-state index in [1.54, 1.807) is 12.3 Å². The summed E-state index contributed by atoms with van der Waals surface area (Å²) in [4.78, 5) is 39.5. The molecule has 1 aromatic carbocycles. The minimum absolute atomic E-state index is 0.214. The van der Waals surface area contributed by atoms with Gasteiger partial charge < -0.3 is 9.47 Å². The van der Waals surface area contributed by atoms with Crippen molar-refractivity contribution in [1.29, 1.82) is 0 Å². The summed E-state index contributed by atoms with van der Waals surface area (Å²) in [5, 5.41) is 9.59. The number of anilines is 2. The summed E-state index contributed by atoms with van der Waals surface area (Å²) < 4.78 is 10.2. The molecule has 2 N–H and O–H groups in total. The fourth-order valence-corrected chi connectivity index (χ4v) is 4.16. The van der Waals surface area contributed by atoms with E-state index < -0.39 is 28.1 Å². The van der Waals surface area contributed by atoms with Gasteiger partial charge in [-0.25, -0.2) is 9.59 Å². The Hall–Kier alpha value is -3.20. The van der Waals surface area contributed by atoms with E-state index in [4.69, 9.17) is 9.47 Å². The monoisotopic (exact) mass is 460 g/mol. The summed E-state index contributed by atoms with van der Waals surface area (Å²) in [7, 11) is -0.603. The lowest BCUT2D eigenvalue weighted by Gasteiger charge is -2.19. The molecule has 0 aliphatic rings. The van der Waals surface area contributed by atoms with E-state index >= 15 is 0 Å². The van der Waals surface area contributed by atoms with Crippen molar-refractivity contribution in [3.8, 4) is 0 Å². The molecule has 0 fully saturated rings. The maximum absolute atomic E-state index is 11.9. The van der Waals surface area contributed by atoms with Crippen LogP contribution in [0.2, 0.25) is 0 Å². The van der Waals surface area contributed by atoms with E-state index in [1.807, 2.05) is 50.4 Å². The molecule has 0 aliphatic carbocycles. The molecule has 9 heteroatoms. The Morgan fingerprint density at radius 3 is 2.38 bits per heavy atom. The van der Waals surface area contributed by atoms with Crippen molar-refractivity contribution in [2.45, 2.75) is 53.1 Å². The second-order valence-corrected chi connectivity index (χ2v) is 9.60. The molecule has 1 atom stereocenters. The van der Waals surface area contributed by atoms with Gasteiger partial charge in [0.25, 0.3) is 0 Å². The zero-order valence-corrected chi connectivity index (χ0v) is 19.9. The fourth-order valence-electron chi connectivity index (χ4n) is 2.64. The van der Waals surface area contributed by atoms with Crippen molar-refractivity contribution in [3.63, 3.8) is 0 Å². The smallest absolute Gasteiger partial charge is 0.412 e. The minimum atomic E-state index is -0.603. The Balaban J connectivity index is 2.01. The van der Waals surface area contributed by atoms with Crippen LogP contribution in [0.4, 0.5) is 15.6 Å². The van der Waals surface area contributed by atoms with Crippen LogP contribution in [0.1, 0.15) is 45.9 Å². The molecule has 172 valence electrons. The lowest BCUT2D eigenvalue weighted by atomic mass is 10.1.